The number of alkyl halides is 6. The first kappa shape index (κ1) is 42.9. The Bertz CT molecular complexity index is 1880. The van der Waals surface area contributed by atoms with E-state index >= 15 is 0 Å². The Morgan fingerprint density at radius 3 is 1.62 bits per heavy atom. The van der Waals surface area contributed by atoms with Gasteiger partial charge in [-0.3, -0.25) is 14.4 Å². The lowest BCUT2D eigenvalue weighted by Crippen LogP contribution is -2.54. The molecule has 1 fully saturated rings. The third kappa shape index (κ3) is 11.1. The molecule has 1 aliphatic rings. The van der Waals surface area contributed by atoms with Crippen LogP contribution in [0.1, 0.15) is 76.7 Å². The largest absolute Gasteiger partial charge is 0.481 e. The summed E-state index contributed by atoms with van der Waals surface area (Å²) in [7, 11) is 1.25. The first-order chi connectivity index (χ1) is 26.3. The standard InChI is InChI=1S/C27H23F6NO3.C14H19N3O2/c1-34(25(37)19-14-20(26(28,29)30)16-21(15-19)27(31,32)33)22(12-13-23(35)36)24(17-8-4-2-5-9-17)18-10-6-3-7-11-18;1-11(18)16-14(12-5-3-2-4-6-12)7-9-17(10-8-14)13(15)19/h2-11,14-16,22,24H,12-13H2,1H3,(H,35,36);2-6H,7-10H2,1H3,(H2,15,19)(H,16,18). The van der Waals surface area contributed by atoms with Crippen molar-refractivity contribution in [2.75, 3.05) is 20.1 Å². The van der Waals surface area contributed by atoms with Gasteiger partial charge in [0.05, 0.1) is 16.7 Å². The van der Waals surface area contributed by atoms with Gasteiger partial charge in [0, 0.05) is 51.0 Å². The second-order valence-corrected chi connectivity index (χ2v) is 13.5. The van der Waals surface area contributed by atoms with Crippen molar-refractivity contribution in [3.05, 3.63) is 143 Å². The molecule has 0 spiro atoms. The molecule has 0 saturated carbocycles. The Hall–Kier alpha value is -5.86. The third-order valence-electron chi connectivity index (χ3n) is 9.68. The van der Waals surface area contributed by atoms with Gasteiger partial charge in [-0.2, -0.15) is 26.3 Å². The van der Waals surface area contributed by atoms with Crippen LogP contribution < -0.4 is 11.1 Å². The summed E-state index contributed by atoms with van der Waals surface area (Å²) in [5.74, 6) is -2.92. The molecule has 1 saturated heterocycles. The highest BCUT2D eigenvalue weighted by molar-refractivity contribution is 5.95. The van der Waals surface area contributed by atoms with E-state index in [-0.39, 0.29) is 30.4 Å². The van der Waals surface area contributed by atoms with E-state index in [9.17, 15) is 50.6 Å². The molecule has 9 nitrogen and oxygen atoms in total. The van der Waals surface area contributed by atoms with Crippen LogP contribution in [0.25, 0.3) is 0 Å². The molecule has 1 atom stereocenters. The number of benzene rings is 4. The summed E-state index contributed by atoms with van der Waals surface area (Å²) in [5, 5.41) is 12.4. The summed E-state index contributed by atoms with van der Waals surface area (Å²) >= 11 is 0. The smallest absolute Gasteiger partial charge is 0.416 e. The van der Waals surface area contributed by atoms with E-state index in [0.717, 1.165) is 10.5 Å². The fraction of sp³-hybridized carbons (Fsp3) is 0.317. The van der Waals surface area contributed by atoms with E-state index in [1.54, 1.807) is 65.6 Å². The summed E-state index contributed by atoms with van der Waals surface area (Å²) in [4.78, 5) is 50.1. The maximum atomic E-state index is 13.4. The molecule has 5 rings (SSSR count). The van der Waals surface area contributed by atoms with Crippen LogP contribution >= 0.6 is 0 Å². The number of nitrogens with one attached hydrogen (secondary N) is 1. The van der Waals surface area contributed by atoms with Crippen molar-refractivity contribution in [1.82, 2.24) is 15.1 Å². The van der Waals surface area contributed by atoms with Gasteiger partial charge in [-0.25, -0.2) is 4.79 Å². The lowest BCUT2D eigenvalue weighted by atomic mass is 9.81. The van der Waals surface area contributed by atoms with Crippen molar-refractivity contribution in [1.29, 1.82) is 0 Å². The van der Waals surface area contributed by atoms with Crippen LogP contribution in [0.5, 0.6) is 0 Å². The molecule has 1 unspecified atom stereocenters. The van der Waals surface area contributed by atoms with Gasteiger partial charge >= 0.3 is 24.4 Å². The number of nitrogens with two attached hydrogens (primary N) is 1. The highest BCUT2D eigenvalue weighted by Crippen LogP contribution is 2.38. The molecule has 4 aromatic carbocycles. The number of nitrogens with zero attached hydrogens (tertiary/aromatic N) is 2. The quantitative estimate of drug-likeness (QED) is 0.140. The van der Waals surface area contributed by atoms with Gasteiger partial charge in [-0.05, 0) is 54.2 Å². The number of rotatable bonds is 10. The molecular formula is C41H42F6N4O5. The highest BCUT2D eigenvalue weighted by atomic mass is 19.4. The van der Waals surface area contributed by atoms with Gasteiger partial charge in [0.1, 0.15) is 0 Å². The van der Waals surface area contributed by atoms with Crippen molar-refractivity contribution < 1.29 is 50.6 Å². The van der Waals surface area contributed by atoms with Crippen LogP contribution in [0.2, 0.25) is 0 Å². The molecule has 0 aliphatic carbocycles. The molecule has 4 aromatic rings. The summed E-state index contributed by atoms with van der Waals surface area (Å²) < 4.78 is 80.3. The van der Waals surface area contributed by atoms with Crippen LogP contribution in [-0.4, -0.2) is 64.9 Å². The van der Waals surface area contributed by atoms with Crippen LogP contribution in [0.15, 0.2) is 109 Å². The number of hydrogen-bond acceptors (Lipinski definition) is 4. The number of carboxylic acids is 1. The Balaban J connectivity index is 0.000000306. The van der Waals surface area contributed by atoms with Crippen molar-refractivity contribution >= 4 is 23.8 Å². The summed E-state index contributed by atoms with van der Waals surface area (Å²) in [6.07, 6.45) is -9.35. The fourth-order valence-electron chi connectivity index (χ4n) is 6.93. The van der Waals surface area contributed by atoms with Gasteiger partial charge in [0.2, 0.25) is 5.91 Å². The number of amides is 4. The number of aliphatic carboxylic acids is 1. The molecule has 0 aromatic heterocycles. The Morgan fingerprint density at radius 2 is 1.23 bits per heavy atom. The topological polar surface area (TPSA) is 133 Å². The summed E-state index contributed by atoms with van der Waals surface area (Å²) in [6.45, 7) is 2.64. The Morgan fingerprint density at radius 1 is 0.786 bits per heavy atom. The monoisotopic (exact) mass is 784 g/mol. The number of piperidine rings is 1. The predicted molar refractivity (Wildman–Crippen MR) is 196 cm³/mol. The van der Waals surface area contributed by atoms with E-state index in [0.29, 0.717) is 49.2 Å². The molecule has 15 heteroatoms. The van der Waals surface area contributed by atoms with Crippen molar-refractivity contribution in [2.45, 2.75) is 62.5 Å². The number of hydrogen-bond donors (Lipinski definition) is 3. The minimum absolute atomic E-state index is 0.0462. The zero-order valence-corrected chi connectivity index (χ0v) is 30.6. The highest BCUT2D eigenvalue weighted by Gasteiger charge is 2.40. The zero-order valence-electron chi connectivity index (χ0n) is 30.6. The molecule has 1 heterocycles. The molecule has 1 aliphatic heterocycles. The molecule has 0 radical (unpaired) electrons. The molecule has 4 amide bonds. The van der Waals surface area contributed by atoms with Crippen LogP contribution in [0, 0.1) is 0 Å². The predicted octanol–water partition coefficient (Wildman–Crippen LogP) is 8.05. The van der Waals surface area contributed by atoms with E-state index in [1.165, 1.54) is 14.0 Å². The zero-order chi connectivity index (χ0) is 41.3. The molecule has 56 heavy (non-hydrogen) atoms. The second-order valence-electron chi connectivity index (χ2n) is 13.5. The first-order valence-electron chi connectivity index (χ1n) is 17.6. The minimum atomic E-state index is -5.12. The molecule has 0 bridgehead atoms. The van der Waals surface area contributed by atoms with Crippen LogP contribution in [-0.2, 0) is 27.5 Å². The number of primary amides is 1. The van der Waals surface area contributed by atoms with Gasteiger partial charge in [0.25, 0.3) is 5.91 Å². The average Bonchev–Trinajstić information content (AvgIpc) is 3.16. The van der Waals surface area contributed by atoms with Crippen molar-refractivity contribution in [3.8, 4) is 0 Å². The number of likely N-dealkylation sites (tertiary alicyclic amines) is 1. The number of carboxylic acid groups (broad SMARTS) is 1. The SMILES string of the molecule is CC(=O)NC1(c2ccccc2)CCN(C(N)=O)CC1.CN(C(=O)c1cc(C(F)(F)F)cc(C(F)(F)F)c1)C(CCC(=O)O)C(c1ccccc1)c1ccccc1. The second kappa shape index (κ2) is 18.2. The number of halogens is 6. The lowest BCUT2D eigenvalue weighted by molar-refractivity contribution is -0.143. The van der Waals surface area contributed by atoms with E-state index in [4.69, 9.17) is 5.73 Å². The van der Waals surface area contributed by atoms with Gasteiger partial charge in [-0.15, -0.1) is 0 Å². The lowest BCUT2D eigenvalue weighted by Gasteiger charge is -2.42. The Kier molecular flexibility index (Phi) is 13.9. The van der Waals surface area contributed by atoms with E-state index in [2.05, 4.69) is 5.32 Å². The Labute approximate surface area is 320 Å². The van der Waals surface area contributed by atoms with E-state index < -0.39 is 58.9 Å². The third-order valence-corrected chi connectivity index (χ3v) is 9.68. The summed E-state index contributed by atoms with van der Waals surface area (Å²) in [5.41, 5.74) is 3.36. The van der Waals surface area contributed by atoms with Crippen LogP contribution in [0.4, 0.5) is 31.1 Å². The number of urea groups is 1. The number of carbonyl (C=O) groups is 4. The maximum absolute atomic E-state index is 13.4. The molecule has 298 valence electrons. The van der Waals surface area contributed by atoms with Crippen molar-refractivity contribution in [3.63, 3.8) is 0 Å². The van der Waals surface area contributed by atoms with Gasteiger partial charge in [0.15, 0.2) is 0 Å². The van der Waals surface area contributed by atoms with Crippen molar-refractivity contribution in [2.24, 2.45) is 5.73 Å². The van der Waals surface area contributed by atoms with Crippen LogP contribution in [0.3, 0.4) is 0 Å². The summed E-state index contributed by atoms with van der Waals surface area (Å²) in [6, 6.07) is 26.8. The van der Waals surface area contributed by atoms with E-state index in [1.807, 2.05) is 30.3 Å². The van der Waals surface area contributed by atoms with Gasteiger partial charge < -0.3 is 26.0 Å². The fourth-order valence-corrected chi connectivity index (χ4v) is 6.93. The minimum Gasteiger partial charge on any atom is -0.481 e. The maximum Gasteiger partial charge on any atom is 0.416 e. The molecule has 4 N–H and O–H groups in total. The normalized spacial score (nSPS) is 14.6. The molecular weight excluding hydrogens is 742 g/mol. The number of likely N-dealkylation sites (N-methyl/N-ethyl adjacent to an activating group) is 1. The first-order valence-corrected chi connectivity index (χ1v) is 17.6. The number of carbonyl (C=O) groups excluding carboxylic acids is 3. The van der Waals surface area contributed by atoms with Gasteiger partial charge in [-0.1, -0.05) is 91.0 Å². The average molecular weight is 785 g/mol.